The summed E-state index contributed by atoms with van der Waals surface area (Å²) in [6.45, 7) is 3.75. The quantitative estimate of drug-likeness (QED) is 0.289. The Morgan fingerprint density at radius 1 is 0.972 bits per heavy atom. The maximum atomic E-state index is 8.36. The van der Waals surface area contributed by atoms with Gasteiger partial charge >= 0.3 is 0 Å². The van der Waals surface area contributed by atoms with Crippen molar-refractivity contribution >= 4 is 18.1 Å². The van der Waals surface area contributed by atoms with Gasteiger partial charge in [-0.3, -0.25) is 14.9 Å². The molecule has 0 spiro atoms. The summed E-state index contributed by atoms with van der Waals surface area (Å²) in [5.41, 5.74) is 3.50. The average Bonchev–Trinajstić information content (AvgIpc) is 3.42. The predicted molar refractivity (Wildman–Crippen MR) is 141 cm³/mol. The summed E-state index contributed by atoms with van der Waals surface area (Å²) in [4.78, 5) is 22.0. The van der Waals surface area contributed by atoms with Crippen molar-refractivity contribution < 1.29 is 14.6 Å². The van der Waals surface area contributed by atoms with Crippen LogP contribution < -0.4 is 4.74 Å². The molecule has 5 rings (SSSR count). The second-order valence-electron chi connectivity index (χ2n) is 7.82. The Labute approximate surface area is 215 Å². The van der Waals surface area contributed by atoms with Crippen LogP contribution in [0.4, 0.5) is 0 Å². The fraction of sp³-hybridized carbons (Fsp3) is 0.296. The standard InChI is InChI=1S/C24H22ClN5O.C2H6.CH2O2/c25-19-6-4-5-16(13-19)23-28-24(30-29-23)18-9-11-21(26-15-18)17-10-12-22(27-14-17)31-20-7-2-1-3-8-20;1-2;2-1-3/h4-6,9-15,20H,1-3,7-8H2,(H,28,29,30);1-2H3;1H,(H,2,3). The molecule has 1 fully saturated rings. The summed E-state index contributed by atoms with van der Waals surface area (Å²) in [6.07, 6.45) is 9.90. The van der Waals surface area contributed by atoms with E-state index >= 15 is 0 Å². The van der Waals surface area contributed by atoms with E-state index in [1.165, 1.54) is 19.3 Å². The molecule has 1 aromatic carbocycles. The van der Waals surface area contributed by atoms with Gasteiger partial charge in [0, 0.05) is 40.2 Å². The first-order valence-corrected chi connectivity index (χ1v) is 12.4. The lowest BCUT2D eigenvalue weighted by atomic mass is 9.98. The number of aromatic nitrogens is 5. The third kappa shape index (κ3) is 7.36. The fourth-order valence-corrected chi connectivity index (χ4v) is 4.00. The molecule has 2 N–H and O–H groups in total. The first-order chi connectivity index (χ1) is 17.7. The summed E-state index contributed by atoms with van der Waals surface area (Å²) >= 11 is 6.07. The van der Waals surface area contributed by atoms with Gasteiger partial charge in [-0.05, 0) is 56.0 Å². The molecule has 36 heavy (non-hydrogen) atoms. The number of halogens is 1. The molecule has 0 atom stereocenters. The highest BCUT2D eigenvalue weighted by molar-refractivity contribution is 6.30. The zero-order chi connectivity index (χ0) is 25.8. The van der Waals surface area contributed by atoms with Gasteiger partial charge in [0.05, 0.1) is 5.69 Å². The van der Waals surface area contributed by atoms with Gasteiger partial charge in [0.25, 0.3) is 6.47 Å². The molecule has 0 bridgehead atoms. The molecule has 0 amide bonds. The first kappa shape index (κ1) is 26.8. The van der Waals surface area contributed by atoms with Crippen LogP contribution in [-0.2, 0) is 4.79 Å². The third-order valence-corrected chi connectivity index (χ3v) is 5.71. The highest BCUT2D eigenvalue weighted by Crippen LogP contribution is 2.26. The lowest BCUT2D eigenvalue weighted by Gasteiger charge is -2.22. The monoisotopic (exact) mass is 507 g/mol. The fourth-order valence-electron chi connectivity index (χ4n) is 3.81. The van der Waals surface area contributed by atoms with Crippen LogP contribution in [0.25, 0.3) is 34.0 Å². The predicted octanol–water partition coefficient (Wildman–Crippen LogP) is 6.69. The summed E-state index contributed by atoms with van der Waals surface area (Å²) in [5.74, 6) is 1.93. The van der Waals surface area contributed by atoms with Gasteiger partial charge in [0.1, 0.15) is 6.10 Å². The highest BCUT2D eigenvalue weighted by atomic mass is 35.5. The van der Waals surface area contributed by atoms with Crippen molar-refractivity contribution in [1.82, 2.24) is 25.1 Å². The van der Waals surface area contributed by atoms with Crippen LogP contribution in [0.2, 0.25) is 5.02 Å². The molecule has 1 saturated carbocycles. The zero-order valence-electron chi connectivity index (χ0n) is 20.4. The van der Waals surface area contributed by atoms with Crippen LogP contribution in [0.1, 0.15) is 46.0 Å². The van der Waals surface area contributed by atoms with Crippen molar-refractivity contribution in [2.45, 2.75) is 52.1 Å². The Kier molecular flexibility index (Phi) is 10.4. The van der Waals surface area contributed by atoms with Crippen LogP contribution >= 0.6 is 11.6 Å². The summed E-state index contributed by atoms with van der Waals surface area (Å²) < 4.78 is 6.01. The molecule has 8 nitrogen and oxygen atoms in total. The number of hydrogen-bond donors (Lipinski definition) is 2. The normalized spacial score (nSPS) is 13.0. The van der Waals surface area contributed by atoms with E-state index in [0.29, 0.717) is 28.7 Å². The molecule has 0 radical (unpaired) electrons. The van der Waals surface area contributed by atoms with Crippen molar-refractivity contribution in [3.8, 4) is 39.9 Å². The number of carbonyl (C=O) groups is 1. The van der Waals surface area contributed by atoms with Crippen LogP contribution in [0.3, 0.4) is 0 Å². The number of carboxylic acid groups (broad SMARTS) is 1. The second kappa shape index (κ2) is 13.9. The number of hydrogen-bond acceptors (Lipinski definition) is 6. The number of H-pyrrole nitrogens is 1. The van der Waals surface area contributed by atoms with Gasteiger partial charge < -0.3 is 9.84 Å². The topological polar surface area (TPSA) is 114 Å². The lowest BCUT2D eigenvalue weighted by molar-refractivity contribution is -0.122. The number of aromatic amines is 1. The molecule has 3 heterocycles. The van der Waals surface area contributed by atoms with E-state index in [-0.39, 0.29) is 6.47 Å². The Hall–Kier alpha value is -3.78. The smallest absolute Gasteiger partial charge is 0.290 e. The van der Waals surface area contributed by atoms with Gasteiger partial charge in [-0.15, -0.1) is 0 Å². The lowest BCUT2D eigenvalue weighted by Crippen LogP contribution is -2.20. The number of ether oxygens (including phenoxy) is 1. The Bertz CT molecular complexity index is 1210. The van der Waals surface area contributed by atoms with Gasteiger partial charge in [0.2, 0.25) is 5.88 Å². The Morgan fingerprint density at radius 3 is 2.33 bits per heavy atom. The minimum atomic E-state index is -0.250. The van der Waals surface area contributed by atoms with E-state index in [1.54, 1.807) is 6.20 Å². The van der Waals surface area contributed by atoms with E-state index < -0.39 is 0 Å². The molecule has 9 heteroatoms. The van der Waals surface area contributed by atoms with Gasteiger partial charge in [-0.1, -0.05) is 44.0 Å². The second-order valence-corrected chi connectivity index (χ2v) is 8.25. The van der Waals surface area contributed by atoms with E-state index in [4.69, 9.17) is 26.2 Å². The van der Waals surface area contributed by atoms with Crippen molar-refractivity contribution in [3.05, 3.63) is 65.9 Å². The molecular formula is C27H30ClN5O3. The van der Waals surface area contributed by atoms with Crippen molar-refractivity contribution in [2.24, 2.45) is 0 Å². The minimum absolute atomic E-state index is 0.250. The highest BCUT2D eigenvalue weighted by Gasteiger charge is 2.15. The van der Waals surface area contributed by atoms with E-state index in [1.807, 2.05) is 68.6 Å². The number of nitrogens with zero attached hydrogens (tertiary/aromatic N) is 4. The minimum Gasteiger partial charge on any atom is -0.483 e. The zero-order valence-corrected chi connectivity index (χ0v) is 21.2. The van der Waals surface area contributed by atoms with E-state index in [9.17, 15) is 0 Å². The molecule has 0 saturated heterocycles. The van der Waals surface area contributed by atoms with Crippen LogP contribution in [0.15, 0.2) is 60.9 Å². The summed E-state index contributed by atoms with van der Waals surface area (Å²) in [5, 5.41) is 14.8. The van der Waals surface area contributed by atoms with Crippen LogP contribution in [-0.4, -0.2) is 42.8 Å². The van der Waals surface area contributed by atoms with Crippen LogP contribution in [0, 0.1) is 0 Å². The van der Waals surface area contributed by atoms with Gasteiger partial charge in [-0.25, -0.2) is 9.97 Å². The Morgan fingerprint density at radius 2 is 1.69 bits per heavy atom. The molecular weight excluding hydrogens is 478 g/mol. The summed E-state index contributed by atoms with van der Waals surface area (Å²) in [6, 6.07) is 15.3. The maximum Gasteiger partial charge on any atom is 0.290 e. The maximum absolute atomic E-state index is 8.36. The SMILES string of the molecule is CC.Clc1cccc(-c2nc(-c3ccc(-c4ccc(OC5CCCCC5)nc4)nc3)n[nH]2)c1.O=CO. The van der Waals surface area contributed by atoms with E-state index in [0.717, 1.165) is 35.2 Å². The average molecular weight is 508 g/mol. The van der Waals surface area contributed by atoms with Crippen molar-refractivity contribution in [2.75, 3.05) is 0 Å². The Balaban J connectivity index is 0.000000674. The molecule has 0 aliphatic heterocycles. The number of rotatable bonds is 5. The molecule has 3 aromatic heterocycles. The summed E-state index contributed by atoms with van der Waals surface area (Å²) in [7, 11) is 0. The van der Waals surface area contributed by atoms with Gasteiger partial charge in [-0.2, -0.15) is 5.10 Å². The molecule has 4 aromatic rings. The third-order valence-electron chi connectivity index (χ3n) is 5.48. The first-order valence-electron chi connectivity index (χ1n) is 12.0. The molecule has 188 valence electrons. The number of benzene rings is 1. The number of pyridine rings is 2. The molecule has 1 aliphatic carbocycles. The van der Waals surface area contributed by atoms with Crippen molar-refractivity contribution in [1.29, 1.82) is 0 Å². The molecule has 1 aliphatic rings. The van der Waals surface area contributed by atoms with Crippen LogP contribution in [0.5, 0.6) is 5.88 Å². The van der Waals surface area contributed by atoms with Crippen molar-refractivity contribution in [3.63, 3.8) is 0 Å². The molecule has 0 unspecified atom stereocenters. The van der Waals surface area contributed by atoms with Gasteiger partial charge in [0.15, 0.2) is 11.6 Å². The largest absolute Gasteiger partial charge is 0.483 e. The van der Waals surface area contributed by atoms with E-state index in [2.05, 4.69) is 25.1 Å². The number of nitrogens with one attached hydrogen (secondary N) is 1.